The second kappa shape index (κ2) is 7.94. The standard InChI is InChI=1S/C18H24N6O/c1-13(2)22-16-11-18(24-9-5-8-21-24)20-12-15(16)17-10-14(23-25-17)6-4-7-19-3/h5,8-13,19H,4,6-7H2,1-3H3,(H,20,22). The molecule has 0 aliphatic heterocycles. The summed E-state index contributed by atoms with van der Waals surface area (Å²) in [7, 11) is 1.95. The third-order valence-electron chi connectivity index (χ3n) is 3.76. The van der Waals surface area contributed by atoms with Gasteiger partial charge in [-0.25, -0.2) is 9.67 Å². The highest BCUT2D eigenvalue weighted by Crippen LogP contribution is 2.30. The number of pyridine rings is 1. The Morgan fingerprint density at radius 1 is 1.28 bits per heavy atom. The molecular weight excluding hydrogens is 316 g/mol. The van der Waals surface area contributed by atoms with E-state index >= 15 is 0 Å². The summed E-state index contributed by atoms with van der Waals surface area (Å²) in [5.74, 6) is 1.48. The summed E-state index contributed by atoms with van der Waals surface area (Å²) in [6.07, 6.45) is 7.32. The number of rotatable bonds is 8. The number of nitrogens with one attached hydrogen (secondary N) is 2. The Bertz CT molecular complexity index is 794. The molecule has 7 heteroatoms. The molecule has 0 saturated carbocycles. The van der Waals surface area contributed by atoms with Gasteiger partial charge in [0.25, 0.3) is 0 Å². The van der Waals surface area contributed by atoms with E-state index in [0.29, 0.717) is 0 Å². The lowest BCUT2D eigenvalue weighted by molar-refractivity contribution is 0.422. The van der Waals surface area contributed by atoms with Crippen molar-refractivity contribution in [1.29, 1.82) is 0 Å². The van der Waals surface area contributed by atoms with E-state index in [9.17, 15) is 0 Å². The van der Waals surface area contributed by atoms with Crippen LogP contribution in [-0.4, -0.2) is 39.6 Å². The number of hydrogen-bond acceptors (Lipinski definition) is 6. The Kier molecular flexibility index (Phi) is 5.45. The second-order valence-corrected chi connectivity index (χ2v) is 6.23. The normalized spacial score (nSPS) is 11.2. The van der Waals surface area contributed by atoms with Gasteiger partial charge < -0.3 is 15.2 Å². The van der Waals surface area contributed by atoms with Crippen molar-refractivity contribution in [3.05, 3.63) is 42.5 Å². The molecule has 3 aromatic heterocycles. The lowest BCUT2D eigenvalue weighted by Crippen LogP contribution is -2.11. The maximum atomic E-state index is 5.56. The molecule has 0 bridgehead atoms. The van der Waals surface area contributed by atoms with Gasteiger partial charge in [-0.15, -0.1) is 0 Å². The third-order valence-corrected chi connectivity index (χ3v) is 3.76. The van der Waals surface area contributed by atoms with Crippen LogP contribution in [0.15, 0.2) is 41.3 Å². The molecule has 25 heavy (non-hydrogen) atoms. The van der Waals surface area contributed by atoms with Gasteiger partial charge in [-0.1, -0.05) is 5.16 Å². The van der Waals surface area contributed by atoms with Crippen LogP contribution in [0, 0.1) is 0 Å². The Hall–Kier alpha value is -2.67. The van der Waals surface area contributed by atoms with Crippen LogP contribution in [0.2, 0.25) is 0 Å². The Balaban J connectivity index is 1.89. The molecule has 0 spiro atoms. The van der Waals surface area contributed by atoms with Gasteiger partial charge >= 0.3 is 0 Å². The minimum atomic E-state index is 0.282. The van der Waals surface area contributed by atoms with Gasteiger partial charge in [-0.3, -0.25) is 0 Å². The monoisotopic (exact) mass is 340 g/mol. The molecule has 0 saturated heterocycles. The van der Waals surface area contributed by atoms with Crippen molar-refractivity contribution in [1.82, 2.24) is 25.2 Å². The van der Waals surface area contributed by atoms with Crippen LogP contribution < -0.4 is 10.6 Å². The summed E-state index contributed by atoms with van der Waals surface area (Å²) in [6.45, 7) is 5.16. The van der Waals surface area contributed by atoms with E-state index in [0.717, 1.165) is 47.9 Å². The average Bonchev–Trinajstić information content (AvgIpc) is 3.26. The first-order valence-corrected chi connectivity index (χ1v) is 8.54. The summed E-state index contributed by atoms with van der Waals surface area (Å²) in [5, 5.41) is 15.0. The van der Waals surface area contributed by atoms with Crippen molar-refractivity contribution in [2.45, 2.75) is 32.7 Å². The number of hydrogen-bond donors (Lipinski definition) is 2. The number of anilines is 1. The average molecular weight is 340 g/mol. The van der Waals surface area contributed by atoms with Crippen LogP contribution >= 0.6 is 0 Å². The minimum absolute atomic E-state index is 0.282. The van der Waals surface area contributed by atoms with E-state index in [1.807, 2.05) is 31.4 Å². The fraction of sp³-hybridized carbons (Fsp3) is 0.389. The summed E-state index contributed by atoms with van der Waals surface area (Å²) < 4.78 is 7.30. The summed E-state index contributed by atoms with van der Waals surface area (Å²) in [6, 6.07) is 6.13. The topological polar surface area (TPSA) is 80.8 Å². The second-order valence-electron chi connectivity index (χ2n) is 6.23. The van der Waals surface area contributed by atoms with E-state index in [4.69, 9.17) is 4.52 Å². The zero-order chi connectivity index (χ0) is 17.6. The van der Waals surface area contributed by atoms with Gasteiger partial charge in [0.15, 0.2) is 11.6 Å². The molecule has 0 fully saturated rings. The number of aryl methyl sites for hydroxylation is 1. The molecule has 0 amide bonds. The SMILES string of the molecule is CNCCCc1cc(-c2cnc(-n3cccn3)cc2NC(C)C)on1. The van der Waals surface area contributed by atoms with Crippen LogP contribution in [0.5, 0.6) is 0 Å². The van der Waals surface area contributed by atoms with Gasteiger partial charge in [-0.05, 0) is 46.3 Å². The zero-order valence-electron chi connectivity index (χ0n) is 14.9. The summed E-state index contributed by atoms with van der Waals surface area (Å²) in [4.78, 5) is 4.51. The zero-order valence-corrected chi connectivity index (χ0v) is 14.9. The molecule has 0 atom stereocenters. The maximum absolute atomic E-state index is 5.56. The molecule has 3 heterocycles. The smallest absolute Gasteiger partial charge is 0.170 e. The molecule has 3 rings (SSSR count). The first-order chi connectivity index (χ1) is 12.2. The molecule has 0 unspecified atom stereocenters. The van der Waals surface area contributed by atoms with Crippen LogP contribution in [0.1, 0.15) is 26.0 Å². The molecule has 132 valence electrons. The van der Waals surface area contributed by atoms with Crippen molar-refractivity contribution >= 4 is 5.69 Å². The van der Waals surface area contributed by atoms with Gasteiger partial charge in [0.1, 0.15) is 0 Å². The predicted octanol–water partition coefficient (Wildman–Crippen LogP) is 2.89. The first kappa shape index (κ1) is 17.2. The van der Waals surface area contributed by atoms with E-state index < -0.39 is 0 Å². The fourth-order valence-electron chi connectivity index (χ4n) is 2.60. The van der Waals surface area contributed by atoms with Gasteiger partial charge in [0.2, 0.25) is 0 Å². The van der Waals surface area contributed by atoms with Crippen molar-refractivity contribution in [3.63, 3.8) is 0 Å². The summed E-state index contributed by atoms with van der Waals surface area (Å²) >= 11 is 0. The third kappa shape index (κ3) is 4.24. The van der Waals surface area contributed by atoms with Crippen LogP contribution in [0.3, 0.4) is 0 Å². The van der Waals surface area contributed by atoms with E-state index in [1.54, 1.807) is 17.1 Å². The molecule has 0 aliphatic rings. The van der Waals surface area contributed by atoms with Crippen molar-refractivity contribution in [2.24, 2.45) is 0 Å². The van der Waals surface area contributed by atoms with Gasteiger partial charge in [0, 0.05) is 36.8 Å². The van der Waals surface area contributed by atoms with Crippen molar-refractivity contribution in [3.8, 4) is 17.1 Å². The van der Waals surface area contributed by atoms with Crippen LogP contribution in [0.4, 0.5) is 5.69 Å². The van der Waals surface area contributed by atoms with E-state index in [1.165, 1.54) is 0 Å². The summed E-state index contributed by atoms with van der Waals surface area (Å²) in [5.41, 5.74) is 2.81. The Labute approximate surface area is 147 Å². The first-order valence-electron chi connectivity index (χ1n) is 8.54. The van der Waals surface area contributed by atoms with Gasteiger partial charge in [0.05, 0.1) is 16.9 Å². The molecule has 0 aromatic carbocycles. The van der Waals surface area contributed by atoms with E-state index in [2.05, 4.69) is 39.7 Å². The largest absolute Gasteiger partial charge is 0.382 e. The lowest BCUT2D eigenvalue weighted by Gasteiger charge is -2.14. The Morgan fingerprint density at radius 2 is 2.16 bits per heavy atom. The van der Waals surface area contributed by atoms with Crippen LogP contribution in [0.25, 0.3) is 17.1 Å². The molecule has 3 aromatic rings. The predicted molar refractivity (Wildman–Crippen MR) is 97.9 cm³/mol. The maximum Gasteiger partial charge on any atom is 0.170 e. The molecule has 2 N–H and O–H groups in total. The molecule has 0 radical (unpaired) electrons. The van der Waals surface area contributed by atoms with E-state index in [-0.39, 0.29) is 6.04 Å². The lowest BCUT2D eigenvalue weighted by atomic mass is 10.1. The van der Waals surface area contributed by atoms with Crippen molar-refractivity contribution in [2.75, 3.05) is 18.9 Å². The number of nitrogens with zero attached hydrogens (tertiary/aromatic N) is 4. The highest BCUT2D eigenvalue weighted by Gasteiger charge is 2.14. The number of aromatic nitrogens is 4. The van der Waals surface area contributed by atoms with Crippen molar-refractivity contribution < 1.29 is 4.52 Å². The molecule has 0 aliphatic carbocycles. The fourth-order valence-corrected chi connectivity index (χ4v) is 2.60. The highest BCUT2D eigenvalue weighted by atomic mass is 16.5. The Morgan fingerprint density at radius 3 is 2.88 bits per heavy atom. The van der Waals surface area contributed by atoms with Crippen LogP contribution in [-0.2, 0) is 6.42 Å². The van der Waals surface area contributed by atoms with Gasteiger partial charge in [-0.2, -0.15) is 5.10 Å². The minimum Gasteiger partial charge on any atom is -0.382 e. The highest BCUT2D eigenvalue weighted by molar-refractivity contribution is 5.75. The molecule has 7 nitrogen and oxygen atoms in total. The molecular formula is C18H24N6O. The quantitative estimate of drug-likeness (QED) is 0.614.